The van der Waals surface area contributed by atoms with Gasteiger partial charge in [0, 0.05) is 6.61 Å². The molecule has 0 aromatic heterocycles. The van der Waals surface area contributed by atoms with Crippen LogP contribution in [0.25, 0.3) is 0 Å². The van der Waals surface area contributed by atoms with Gasteiger partial charge in [0.05, 0.1) is 13.2 Å². The van der Waals surface area contributed by atoms with E-state index in [1.807, 2.05) is 0 Å². The Morgan fingerprint density at radius 1 is 0.762 bits per heavy atom. The maximum absolute atomic E-state index is 9.60. The Kier molecular flexibility index (Phi) is 13.3. The van der Waals surface area contributed by atoms with Gasteiger partial charge in [-0.3, -0.25) is 0 Å². The molecule has 0 saturated carbocycles. The molecule has 0 unspecified atom stereocenters. The van der Waals surface area contributed by atoms with Gasteiger partial charge >= 0.3 is 0 Å². The van der Waals surface area contributed by atoms with Crippen LogP contribution in [0.5, 0.6) is 0 Å². The second-order valence-corrected chi connectivity index (χ2v) is 5.49. The smallest absolute Gasteiger partial charge is 0.111 e. The van der Waals surface area contributed by atoms with Crippen LogP contribution in [0, 0.1) is 0 Å². The molecular formula is C15H32O6. The molecule has 4 atom stereocenters. The Hall–Kier alpha value is -0.240. The zero-order chi connectivity index (χ0) is 16.1. The first-order chi connectivity index (χ1) is 10.0. The van der Waals surface area contributed by atoms with Crippen molar-refractivity contribution in [3.05, 3.63) is 0 Å². The van der Waals surface area contributed by atoms with Crippen LogP contribution in [0.4, 0.5) is 0 Å². The molecule has 21 heavy (non-hydrogen) atoms. The number of aliphatic hydroxyl groups excluding tert-OH is 5. The highest BCUT2D eigenvalue weighted by Gasteiger charge is 2.29. The third-order valence-electron chi connectivity index (χ3n) is 3.51. The Labute approximate surface area is 127 Å². The van der Waals surface area contributed by atoms with Gasteiger partial charge in [-0.25, -0.2) is 0 Å². The van der Waals surface area contributed by atoms with Crippen molar-refractivity contribution in [1.29, 1.82) is 0 Å². The molecule has 0 rings (SSSR count). The fraction of sp³-hybridized carbons (Fsp3) is 1.00. The van der Waals surface area contributed by atoms with Gasteiger partial charge in [-0.1, -0.05) is 45.4 Å². The van der Waals surface area contributed by atoms with Crippen molar-refractivity contribution >= 4 is 0 Å². The molecular weight excluding hydrogens is 276 g/mol. The summed E-state index contributed by atoms with van der Waals surface area (Å²) < 4.78 is 5.24. The van der Waals surface area contributed by atoms with Gasteiger partial charge in [0.1, 0.15) is 24.4 Å². The van der Waals surface area contributed by atoms with E-state index in [0.717, 1.165) is 12.8 Å². The highest BCUT2D eigenvalue weighted by molar-refractivity contribution is 4.80. The van der Waals surface area contributed by atoms with E-state index in [2.05, 4.69) is 6.92 Å². The number of unbranched alkanes of at least 4 members (excludes halogenated alkanes) is 6. The highest BCUT2D eigenvalue weighted by Crippen LogP contribution is 2.08. The van der Waals surface area contributed by atoms with Crippen LogP contribution in [-0.4, -0.2) is 69.8 Å². The third-order valence-corrected chi connectivity index (χ3v) is 3.51. The van der Waals surface area contributed by atoms with Crippen LogP contribution in [0.2, 0.25) is 0 Å². The minimum absolute atomic E-state index is 0.105. The molecule has 0 bridgehead atoms. The van der Waals surface area contributed by atoms with Gasteiger partial charge < -0.3 is 30.3 Å². The van der Waals surface area contributed by atoms with E-state index < -0.39 is 31.0 Å². The predicted molar refractivity (Wildman–Crippen MR) is 79.9 cm³/mol. The lowest BCUT2D eigenvalue weighted by molar-refractivity contribution is -0.129. The molecule has 0 aromatic rings. The van der Waals surface area contributed by atoms with E-state index in [1.165, 1.54) is 32.1 Å². The molecule has 0 aromatic carbocycles. The second-order valence-electron chi connectivity index (χ2n) is 5.49. The van der Waals surface area contributed by atoms with Crippen LogP contribution in [0.1, 0.15) is 51.9 Å². The van der Waals surface area contributed by atoms with Gasteiger partial charge in [-0.2, -0.15) is 0 Å². The Morgan fingerprint density at radius 3 is 1.86 bits per heavy atom. The third kappa shape index (κ3) is 10.2. The molecule has 0 heterocycles. The predicted octanol–water partition coefficient (Wildman–Crippen LogP) is 0.190. The molecule has 0 aliphatic rings. The summed E-state index contributed by atoms with van der Waals surface area (Å²) in [4.78, 5) is 0. The molecule has 0 aliphatic heterocycles. The zero-order valence-corrected chi connectivity index (χ0v) is 13.0. The molecule has 0 fully saturated rings. The number of ether oxygens (including phenoxy) is 1. The fourth-order valence-electron chi connectivity index (χ4n) is 2.03. The summed E-state index contributed by atoms with van der Waals surface area (Å²) >= 11 is 0. The van der Waals surface area contributed by atoms with E-state index >= 15 is 0 Å². The Balaban J connectivity index is 3.54. The van der Waals surface area contributed by atoms with Crippen molar-refractivity contribution in [3.63, 3.8) is 0 Å². The lowest BCUT2D eigenvalue weighted by Crippen LogP contribution is -2.47. The summed E-state index contributed by atoms with van der Waals surface area (Å²) in [5, 5.41) is 46.4. The topological polar surface area (TPSA) is 110 Å². The van der Waals surface area contributed by atoms with Crippen molar-refractivity contribution in [3.8, 4) is 0 Å². The molecule has 0 amide bonds. The van der Waals surface area contributed by atoms with Gasteiger partial charge in [0.25, 0.3) is 0 Å². The Bertz CT molecular complexity index is 226. The van der Waals surface area contributed by atoms with Crippen molar-refractivity contribution in [1.82, 2.24) is 0 Å². The standard InChI is InChI=1S/C15H32O6/c1-2-3-4-5-6-7-8-9-21-11-13(18)15(20)14(19)12(17)10-16/h12-20H,2-11H2,1H3/t12-,13+,14-,15-/m1/s1. The van der Waals surface area contributed by atoms with Crippen molar-refractivity contribution in [2.75, 3.05) is 19.8 Å². The first-order valence-corrected chi connectivity index (χ1v) is 7.95. The van der Waals surface area contributed by atoms with Gasteiger partial charge in [0.2, 0.25) is 0 Å². The number of aliphatic hydroxyl groups is 5. The average molecular weight is 308 g/mol. The highest BCUT2D eigenvalue weighted by atomic mass is 16.5. The first kappa shape index (κ1) is 20.8. The van der Waals surface area contributed by atoms with E-state index in [4.69, 9.17) is 14.9 Å². The lowest BCUT2D eigenvalue weighted by Gasteiger charge is -2.25. The minimum atomic E-state index is -1.59. The molecule has 0 aliphatic carbocycles. The molecule has 6 heteroatoms. The SMILES string of the molecule is CCCCCCCCCOC[C@H](O)[C@@H](O)[C@H](O)[C@H](O)CO. The lowest BCUT2D eigenvalue weighted by atomic mass is 10.0. The minimum Gasteiger partial charge on any atom is -0.394 e. The normalized spacial score (nSPS) is 17.4. The quantitative estimate of drug-likeness (QED) is 0.293. The van der Waals surface area contributed by atoms with E-state index in [9.17, 15) is 15.3 Å². The average Bonchev–Trinajstić information content (AvgIpc) is 2.50. The van der Waals surface area contributed by atoms with Crippen LogP contribution in [0.15, 0.2) is 0 Å². The van der Waals surface area contributed by atoms with Crippen molar-refractivity contribution in [2.45, 2.75) is 76.3 Å². The summed E-state index contributed by atoms with van der Waals surface area (Å²) in [6.07, 6.45) is 2.29. The molecule has 5 N–H and O–H groups in total. The monoisotopic (exact) mass is 308 g/mol. The first-order valence-electron chi connectivity index (χ1n) is 7.95. The van der Waals surface area contributed by atoms with E-state index in [0.29, 0.717) is 6.61 Å². The fourth-order valence-corrected chi connectivity index (χ4v) is 2.03. The zero-order valence-electron chi connectivity index (χ0n) is 13.0. The van der Waals surface area contributed by atoms with Crippen LogP contribution in [0.3, 0.4) is 0 Å². The van der Waals surface area contributed by atoms with Crippen LogP contribution < -0.4 is 0 Å². The van der Waals surface area contributed by atoms with E-state index in [-0.39, 0.29) is 6.61 Å². The summed E-state index contributed by atoms with van der Waals surface area (Å²) in [5.74, 6) is 0. The molecule has 0 spiro atoms. The maximum atomic E-state index is 9.60. The van der Waals surface area contributed by atoms with E-state index in [1.54, 1.807) is 0 Å². The van der Waals surface area contributed by atoms with Crippen molar-refractivity contribution in [2.24, 2.45) is 0 Å². The molecule has 0 saturated heterocycles. The largest absolute Gasteiger partial charge is 0.394 e. The summed E-state index contributed by atoms with van der Waals surface area (Å²) in [5.41, 5.74) is 0. The molecule has 6 nitrogen and oxygen atoms in total. The number of hydrogen-bond acceptors (Lipinski definition) is 6. The Morgan fingerprint density at radius 2 is 1.29 bits per heavy atom. The van der Waals surface area contributed by atoms with Gasteiger partial charge in [-0.15, -0.1) is 0 Å². The maximum Gasteiger partial charge on any atom is 0.111 e. The second kappa shape index (κ2) is 13.4. The molecule has 128 valence electrons. The van der Waals surface area contributed by atoms with Crippen LogP contribution >= 0.6 is 0 Å². The van der Waals surface area contributed by atoms with Crippen molar-refractivity contribution < 1.29 is 30.3 Å². The van der Waals surface area contributed by atoms with Crippen LogP contribution in [-0.2, 0) is 4.74 Å². The summed E-state index contributed by atoms with van der Waals surface area (Å²) in [6, 6.07) is 0. The molecule has 0 radical (unpaired) electrons. The van der Waals surface area contributed by atoms with Gasteiger partial charge in [0.15, 0.2) is 0 Å². The summed E-state index contributed by atoms with van der Waals surface area (Å²) in [6.45, 7) is 1.90. The number of hydrogen-bond donors (Lipinski definition) is 5. The number of rotatable bonds is 14. The van der Waals surface area contributed by atoms with Gasteiger partial charge in [-0.05, 0) is 6.42 Å². The summed E-state index contributed by atoms with van der Waals surface area (Å²) in [7, 11) is 0.